The minimum absolute atomic E-state index is 0.277. The van der Waals surface area contributed by atoms with E-state index in [1.807, 2.05) is 0 Å². The molecule has 0 saturated heterocycles. The number of hydrogen-bond donors (Lipinski definition) is 0. The molecule has 4 aromatic carbocycles. The van der Waals surface area contributed by atoms with Crippen LogP contribution in [0.25, 0.3) is 11.1 Å². The van der Waals surface area contributed by atoms with Gasteiger partial charge in [-0.2, -0.15) is 0 Å². The molecule has 8 radical (unpaired) electrons. The minimum Gasteiger partial charge on any atom is -0.415 e. The lowest BCUT2D eigenvalue weighted by atomic mass is 9.84. The van der Waals surface area contributed by atoms with Gasteiger partial charge in [0, 0.05) is 24.4 Å². The molecule has 0 atom stereocenters. The Morgan fingerprint density at radius 1 is 0.333 bits per heavy atom. The van der Waals surface area contributed by atoms with Crippen LogP contribution in [-0.2, 0) is 43.4 Å². The molecule has 0 fully saturated rings. The van der Waals surface area contributed by atoms with Gasteiger partial charge in [-0.05, 0) is 161 Å². The Kier molecular flexibility index (Phi) is 19.6. The van der Waals surface area contributed by atoms with Crippen molar-refractivity contribution in [2.75, 3.05) is 0 Å². The molecule has 4 aromatic rings. The fourth-order valence-electron chi connectivity index (χ4n) is 5.95. The van der Waals surface area contributed by atoms with Crippen molar-refractivity contribution < 1.29 is 17.7 Å². The highest BCUT2D eigenvalue weighted by atomic mass is 28.2. The monoisotopic (exact) mass is 788 g/mol. The maximum atomic E-state index is 5.86. The molecule has 0 aromatic heterocycles. The Morgan fingerprint density at radius 3 is 0.685 bits per heavy atom. The second kappa shape index (κ2) is 24.1. The first-order chi connectivity index (χ1) is 26.1. The summed E-state index contributed by atoms with van der Waals surface area (Å²) in [5.74, 6) is 0. The quantitative estimate of drug-likeness (QED) is 0.0403. The van der Waals surface area contributed by atoms with Gasteiger partial charge in [0.05, 0.1) is 0 Å². The normalized spacial score (nSPS) is 11.7. The Hall–Kier alpha value is -2.67. The Morgan fingerprint density at radius 2 is 0.519 bits per heavy atom. The SMILES string of the molecule is CC(C)O[Si]CCc1ccc(C(=C(c2ccc(CC[Si]OC(C)C)cc2)c2ccc(CC[Si]OC(C)C)cc2)c2ccc(CC[Si]OC(C)C)cc2)cc1. The number of benzene rings is 4. The van der Waals surface area contributed by atoms with Crippen molar-refractivity contribution in [1.29, 1.82) is 0 Å². The number of hydrogen-bond acceptors (Lipinski definition) is 4. The molecule has 0 saturated carbocycles. The summed E-state index contributed by atoms with van der Waals surface area (Å²) in [6, 6.07) is 41.2. The highest BCUT2D eigenvalue weighted by Gasteiger charge is 2.17. The van der Waals surface area contributed by atoms with Gasteiger partial charge < -0.3 is 17.7 Å². The van der Waals surface area contributed by atoms with Crippen LogP contribution in [0.4, 0.5) is 0 Å². The van der Waals surface area contributed by atoms with Crippen LogP contribution in [0, 0.1) is 0 Å². The molecule has 4 nitrogen and oxygen atoms in total. The number of aryl methyl sites for hydroxylation is 4. The molecule has 0 bridgehead atoms. The van der Waals surface area contributed by atoms with E-state index in [2.05, 4.69) is 152 Å². The molecule has 0 aliphatic carbocycles. The average molecular weight is 789 g/mol. The molecule has 0 amide bonds. The summed E-state index contributed by atoms with van der Waals surface area (Å²) in [6.07, 6.45) is 5.17. The van der Waals surface area contributed by atoms with Crippen LogP contribution < -0.4 is 0 Å². The van der Waals surface area contributed by atoms with Gasteiger partial charge in [-0.15, -0.1) is 0 Å². The zero-order valence-corrected chi connectivity index (χ0v) is 37.8. The predicted molar refractivity (Wildman–Crippen MR) is 233 cm³/mol. The molecule has 0 N–H and O–H groups in total. The summed E-state index contributed by atoms with van der Waals surface area (Å²) in [5.41, 5.74) is 12.8. The summed E-state index contributed by atoms with van der Waals surface area (Å²) >= 11 is 0. The van der Waals surface area contributed by atoms with E-state index in [0.717, 1.165) is 49.9 Å². The summed E-state index contributed by atoms with van der Waals surface area (Å²) < 4.78 is 23.4. The van der Waals surface area contributed by atoms with Crippen LogP contribution in [-0.4, -0.2) is 63.5 Å². The van der Waals surface area contributed by atoms with Crippen LogP contribution in [0.3, 0.4) is 0 Å². The van der Waals surface area contributed by atoms with E-state index in [0.29, 0.717) is 39.1 Å². The van der Waals surface area contributed by atoms with Crippen LogP contribution in [0.5, 0.6) is 0 Å². The third-order valence-corrected chi connectivity index (χ3v) is 12.9. The molecule has 0 heterocycles. The lowest BCUT2D eigenvalue weighted by Crippen LogP contribution is -2.07. The van der Waals surface area contributed by atoms with Crippen LogP contribution in [0.15, 0.2) is 97.1 Å². The van der Waals surface area contributed by atoms with Gasteiger partial charge in [0.2, 0.25) is 39.1 Å². The van der Waals surface area contributed by atoms with Crippen LogP contribution >= 0.6 is 0 Å². The second-order valence-electron chi connectivity index (χ2n) is 14.8. The Balaban J connectivity index is 1.75. The zero-order chi connectivity index (χ0) is 38.7. The highest BCUT2D eigenvalue weighted by molar-refractivity contribution is 6.28. The first-order valence-corrected chi connectivity index (χ1v) is 24.2. The molecule has 284 valence electrons. The third-order valence-electron chi connectivity index (χ3n) is 8.56. The molecule has 0 aliphatic rings. The van der Waals surface area contributed by atoms with Crippen molar-refractivity contribution in [3.8, 4) is 0 Å². The maximum absolute atomic E-state index is 5.86. The van der Waals surface area contributed by atoms with Crippen LogP contribution in [0.2, 0.25) is 24.2 Å². The summed E-state index contributed by atoms with van der Waals surface area (Å²) in [5, 5.41) is 0. The number of rotatable bonds is 24. The van der Waals surface area contributed by atoms with E-state index in [4.69, 9.17) is 17.7 Å². The van der Waals surface area contributed by atoms with Crippen molar-refractivity contribution in [3.63, 3.8) is 0 Å². The standard InChI is InChI=1S/C46H60O4Si4/c1-33(2)47-51-29-25-37-9-17-41(18-10-37)45(42-19-11-38(12-20-42)26-30-52-48-34(3)4)46(43-21-13-39(14-22-43)27-31-53-49-35(5)6)44-23-15-40(16-24-44)28-32-54-50-36(7)8/h9-24,33-36H,25-32H2,1-8H3. The largest absolute Gasteiger partial charge is 0.415 e. The van der Waals surface area contributed by atoms with Crippen molar-refractivity contribution in [1.82, 2.24) is 0 Å². The first kappa shape index (κ1) is 44.0. The van der Waals surface area contributed by atoms with E-state index in [1.165, 1.54) is 55.7 Å². The Labute approximate surface area is 337 Å². The summed E-state index contributed by atoms with van der Waals surface area (Å²) in [4.78, 5) is 0. The van der Waals surface area contributed by atoms with E-state index >= 15 is 0 Å². The fourth-order valence-corrected chi connectivity index (χ4v) is 9.31. The molecular weight excluding hydrogens is 729 g/mol. The molecular formula is C46H60O4Si4. The third kappa shape index (κ3) is 15.8. The zero-order valence-electron chi connectivity index (χ0n) is 33.8. The Bertz CT molecular complexity index is 1400. The van der Waals surface area contributed by atoms with Gasteiger partial charge >= 0.3 is 0 Å². The van der Waals surface area contributed by atoms with Gasteiger partial charge in [0.1, 0.15) is 0 Å². The molecule has 4 rings (SSSR count). The topological polar surface area (TPSA) is 36.9 Å². The highest BCUT2D eigenvalue weighted by Crippen LogP contribution is 2.37. The summed E-state index contributed by atoms with van der Waals surface area (Å²) in [7, 11) is 2.11. The van der Waals surface area contributed by atoms with Crippen molar-refractivity contribution in [2.24, 2.45) is 0 Å². The molecule has 0 unspecified atom stereocenters. The van der Waals surface area contributed by atoms with Crippen molar-refractivity contribution in [2.45, 2.75) is 130 Å². The average Bonchev–Trinajstić information content (AvgIpc) is 3.15. The van der Waals surface area contributed by atoms with Gasteiger partial charge in [-0.3, -0.25) is 0 Å². The fraction of sp³-hybridized carbons (Fsp3) is 0.435. The first-order valence-electron chi connectivity index (χ1n) is 19.7. The molecule has 0 aliphatic heterocycles. The molecule has 54 heavy (non-hydrogen) atoms. The molecule has 8 heteroatoms. The lowest BCUT2D eigenvalue weighted by molar-refractivity contribution is 0.255. The van der Waals surface area contributed by atoms with E-state index in [-0.39, 0.29) is 24.4 Å². The lowest BCUT2D eigenvalue weighted by Gasteiger charge is -2.19. The van der Waals surface area contributed by atoms with E-state index < -0.39 is 0 Å². The van der Waals surface area contributed by atoms with Crippen molar-refractivity contribution >= 4 is 50.2 Å². The maximum Gasteiger partial charge on any atom is 0.230 e. The van der Waals surface area contributed by atoms with Gasteiger partial charge in [-0.1, -0.05) is 97.1 Å². The molecule has 0 spiro atoms. The smallest absolute Gasteiger partial charge is 0.230 e. The van der Waals surface area contributed by atoms with Gasteiger partial charge in [0.15, 0.2) is 0 Å². The van der Waals surface area contributed by atoms with E-state index in [1.54, 1.807) is 0 Å². The predicted octanol–water partition coefficient (Wildman–Crippen LogP) is 10.7. The minimum atomic E-state index is 0.277. The van der Waals surface area contributed by atoms with Gasteiger partial charge in [0.25, 0.3) is 0 Å². The second-order valence-corrected chi connectivity index (χ2v) is 18.9. The van der Waals surface area contributed by atoms with Crippen molar-refractivity contribution in [3.05, 3.63) is 142 Å². The van der Waals surface area contributed by atoms with E-state index in [9.17, 15) is 0 Å². The summed E-state index contributed by atoms with van der Waals surface area (Å²) in [6.45, 7) is 16.8. The van der Waals surface area contributed by atoms with Gasteiger partial charge in [-0.25, -0.2) is 0 Å². The van der Waals surface area contributed by atoms with Crippen LogP contribution in [0.1, 0.15) is 99.9 Å².